The molecule has 1 heterocycles. The Morgan fingerprint density at radius 3 is 2.58 bits per heavy atom. The van der Waals surface area contributed by atoms with Crippen molar-refractivity contribution in [3.8, 4) is 0 Å². The standard InChI is InChI=1S/C19H25N3O3S/c1-4-6-11-22(5-2)16-9-7-14(8-10-16)18(24)21-19-20-15(13-26-19)12-17(23)25-3/h7-10,13H,4-6,11-12H2,1-3H3,(H,20,21,24). The van der Waals surface area contributed by atoms with E-state index in [2.05, 4.69) is 33.8 Å². The summed E-state index contributed by atoms with van der Waals surface area (Å²) in [7, 11) is 1.34. The van der Waals surface area contributed by atoms with Crippen molar-refractivity contribution in [2.24, 2.45) is 0 Å². The van der Waals surface area contributed by atoms with Gasteiger partial charge in [-0.1, -0.05) is 13.3 Å². The number of anilines is 2. The van der Waals surface area contributed by atoms with Gasteiger partial charge in [0.25, 0.3) is 5.91 Å². The number of carbonyl (C=O) groups is 2. The highest BCUT2D eigenvalue weighted by Gasteiger charge is 2.12. The number of hydrogen-bond acceptors (Lipinski definition) is 6. The topological polar surface area (TPSA) is 71.5 Å². The van der Waals surface area contributed by atoms with E-state index in [1.165, 1.54) is 18.4 Å². The molecule has 0 radical (unpaired) electrons. The molecule has 1 N–H and O–H groups in total. The fourth-order valence-corrected chi connectivity index (χ4v) is 3.18. The maximum atomic E-state index is 12.4. The third kappa shape index (κ3) is 5.56. The van der Waals surface area contributed by atoms with Gasteiger partial charge in [-0.05, 0) is 37.6 Å². The van der Waals surface area contributed by atoms with Crippen molar-refractivity contribution in [2.45, 2.75) is 33.1 Å². The maximum absolute atomic E-state index is 12.4. The first-order valence-corrected chi connectivity index (χ1v) is 9.62. The van der Waals surface area contributed by atoms with Crippen molar-refractivity contribution in [3.63, 3.8) is 0 Å². The second-order valence-electron chi connectivity index (χ2n) is 5.83. The molecule has 140 valence electrons. The Balaban J connectivity index is 1.98. The van der Waals surface area contributed by atoms with E-state index in [4.69, 9.17) is 0 Å². The zero-order valence-corrected chi connectivity index (χ0v) is 16.3. The Labute approximate surface area is 158 Å². The van der Waals surface area contributed by atoms with Crippen LogP contribution < -0.4 is 10.2 Å². The molecule has 0 spiro atoms. The third-order valence-electron chi connectivity index (χ3n) is 3.98. The van der Waals surface area contributed by atoms with Crippen molar-refractivity contribution in [1.82, 2.24) is 4.98 Å². The highest BCUT2D eigenvalue weighted by Crippen LogP contribution is 2.19. The van der Waals surface area contributed by atoms with Gasteiger partial charge in [0.15, 0.2) is 5.13 Å². The van der Waals surface area contributed by atoms with Crippen molar-refractivity contribution in [1.29, 1.82) is 0 Å². The lowest BCUT2D eigenvalue weighted by Crippen LogP contribution is -2.23. The molecule has 0 atom stereocenters. The monoisotopic (exact) mass is 375 g/mol. The normalized spacial score (nSPS) is 10.4. The molecule has 0 unspecified atom stereocenters. The van der Waals surface area contributed by atoms with E-state index >= 15 is 0 Å². The molecule has 1 amide bonds. The molecule has 6 nitrogen and oxygen atoms in total. The largest absolute Gasteiger partial charge is 0.469 e. The Hall–Kier alpha value is -2.41. The van der Waals surface area contributed by atoms with Crippen LogP contribution in [-0.2, 0) is 16.0 Å². The number of nitrogens with one attached hydrogen (secondary N) is 1. The fraction of sp³-hybridized carbons (Fsp3) is 0.421. The molecule has 0 fully saturated rings. The molecule has 0 saturated carbocycles. The highest BCUT2D eigenvalue weighted by atomic mass is 32.1. The number of thiazole rings is 1. The van der Waals surface area contributed by atoms with E-state index in [1.54, 1.807) is 5.38 Å². The molecule has 0 saturated heterocycles. The van der Waals surface area contributed by atoms with Crippen LogP contribution in [-0.4, -0.2) is 37.1 Å². The summed E-state index contributed by atoms with van der Waals surface area (Å²) >= 11 is 1.29. The molecule has 0 bridgehead atoms. The van der Waals surface area contributed by atoms with Gasteiger partial charge in [-0.3, -0.25) is 14.9 Å². The summed E-state index contributed by atoms with van der Waals surface area (Å²) in [6.45, 7) is 6.26. The lowest BCUT2D eigenvalue weighted by Gasteiger charge is -2.23. The lowest BCUT2D eigenvalue weighted by molar-refractivity contribution is -0.139. The van der Waals surface area contributed by atoms with Gasteiger partial charge < -0.3 is 9.64 Å². The van der Waals surface area contributed by atoms with Gasteiger partial charge in [-0.2, -0.15) is 0 Å². The number of nitrogens with zero attached hydrogens (tertiary/aromatic N) is 2. The minimum atomic E-state index is -0.354. The van der Waals surface area contributed by atoms with E-state index in [9.17, 15) is 9.59 Å². The molecule has 7 heteroatoms. The molecular formula is C19H25N3O3S. The molecule has 0 aliphatic carbocycles. The Morgan fingerprint density at radius 2 is 1.96 bits per heavy atom. The first-order valence-electron chi connectivity index (χ1n) is 8.75. The van der Waals surface area contributed by atoms with Gasteiger partial charge in [0, 0.05) is 29.7 Å². The van der Waals surface area contributed by atoms with Gasteiger partial charge in [-0.25, -0.2) is 4.98 Å². The average Bonchev–Trinajstić information content (AvgIpc) is 3.09. The van der Waals surface area contributed by atoms with Crippen LogP contribution in [0, 0.1) is 0 Å². The lowest BCUT2D eigenvalue weighted by atomic mass is 10.1. The van der Waals surface area contributed by atoms with Gasteiger partial charge in [-0.15, -0.1) is 11.3 Å². The zero-order valence-electron chi connectivity index (χ0n) is 15.4. The molecule has 1 aromatic carbocycles. The van der Waals surface area contributed by atoms with Crippen LogP contribution in [0.1, 0.15) is 42.7 Å². The Bertz CT molecular complexity index is 728. The summed E-state index contributed by atoms with van der Waals surface area (Å²) in [4.78, 5) is 30.2. The number of benzene rings is 1. The summed E-state index contributed by atoms with van der Waals surface area (Å²) < 4.78 is 4.61. The number of methoxy groups -OCH3 is 1. The van der Waals surface area contributed by atoms with E-state index in [-0.39, 0.29) is 18.3 Å². The smallest absolute Gasteiger partial charge is 0.311 e. The predicted molar refractivity (Wildman–Crippen MR) is 105 cm³/mol. The Morgan fingerprint density at radius 1 is 1.23 bits per heavy atom. The summed E-state index contributed by atoms with van der Waals surface area (Å²) in [6, 6.07) is 7.59. The third-order valence-corrected chi connectivity index (χ3v) is 4.79. The van der Waals surface area contributed by atoms with Crippen molar-refractivity contribution in [2.75, 3.05) is 30.4 Å². The predicted octanol–water partition coefficient (Wildman–Crippen LogP) is 3.74. The molecule has 2 aromatic rings. The molecule has 2 rings (SSSR count). The van der Waals surface area contributed by atoms with E-state index < -0.39 is 0 Å². The zero-order chi connectivity index (χ0) is 18.9. The number of amides is 1. The second kappa shape index (κ2) is 9.91. The van der Waals surface area contributed by atoms with Gasteiger partial charge >= 0.3 is 5.97 Å². The molecule has 0 aliphatic rings. The first kappa shape index (κ1) is 19.9. The van der Waals surface area contributed by atoms with E-state index in [1.807, 2.05) is 24.3 Å². The summed E-state index contributed by atoms with van der Waals surface area (Å²) in [5, 5.41) is 4.98. The number of hydrogen-bond donors (Lipinski definition) is 1. The van der Waals surface area contributed by atoms with Crippen LogP contribution in [0.4, 0.5) is 10.8 Å². The van der Waals surface area contributed by atoms with Gasteiger partial charge in [0.2, 0.25) is 0 Å². The Kier molecular flexibility index (Phi) is 7.59. The summed E-state index contributed by atoms with van der Waals surface area (Å²) in [5.74, 6) is -0.570. The van der Waals surface area contributed by atoms with E-state index in [0.717, 1.165) is 31.6 Å². The quantitative estimate of drug-likeness (QED) is 0.676. The van der Waals surface area contributed by atoms with Gasteiger partial charge in [0.1, 0.15) is 0 Å². The summed E-state index contributed by atoms with van der Waals surface area (Å²) in [6.07, 6.45) is 2.40. The minimum Gasteiger partial charge on any atom is -0.469 e. The van der Waals surface area contributed by atoms with Crippen LogP contribution in [0.3, 0.4) is 0 Å². The van der Waals surface area contributed by atoms with Crippen molar-refractivity contribution in [3.05, 3.63) is 40.9 Å². The molecule has 1 aromatic heterocycles. The van der Waals surface area contributed by atoms with Gasteiger partial charge in [0.05, 0.1) is 19.2 Å². The second-order valence-corrected chi connectivity index (χ2v) is 6.69. The average molecular weight is 375 g/mol. The highest BCUT2D eigenvalue weighted by molar-refractivity contribution is 7.14. The number of aromatic nitrogens is 1. The van der Waals surface area contributed by atoms with Crippen LogP contribution in [0.2, 0.25) is 0 Å². The maximum Gasteiger partial charge on any atom is 0.311 e. The minimum absolute atomic E-state index is 0.0994. The molecule has 0 aliphatic heterocycles. The number of ether oxygens (including phenoxy) is 1. The number of carbonyl (C=O) groups excluding carboxylic acids is 2. The van der Waals surface area contributed by atoms with Crippen LogP contribution in [0.15, 0.2) is 29.6 Å². The summed E-state index contributed by atoms with van der Waals surface area (Å²) in [5.41, 5.74) is 2.28. The first-order chi connectivity index (χ1) is 12.6. The van der Waals surface area contributed by atoms with E-state index in [0.29, 0.717) is 16.4 Å². The van der Waals surface area contributed by atoms with Crippen LogP contribution in [0.5, 0.6) is 0 Å². The van der Waals surface area contributed by atoms with Crippen molar-refractivity contribution < 1.29 is 14.3 Å². The van der Waals surface area contributed by atoms with Crippen LogP contribution in [0.25, 0.3) is 0 Å². The van der Waals surface area contributed by atoms with Crippen LogP contribution >= 0.6 is 11.3 Å². The number of rotatable bonds is 9. The molecule has 26 heavy (non-hydrogen) atoms. The van der Waals surface area contributed by atoms with Crippen molar-refractivity contribution >= 4 is 34.0 Å². The molecular weight excluding hydrogens is 350 g/mol. The SMILES string of the molecule is CCCCN(CC)c1ccc(C(=O)Nc2nc(CC(=O)OC)cs2)cc1. The number of esters is 1. The fourth-order valence-electron chi connectivity index (χ4n) is 2.48. The number of unbranched alkanes of at least 4 members (excludes halogenated alkanes) is 1.